The molecule has 0 aromatic rings. The third kappa shape index (κ3) is 2.77. The molecule has 2 fully saturated rings. The quantitative estimate of drug-likeness (QED) is 0.714. The molecule has 0 bridgehead atoms. The van der Waals surface area contributed by atoms with Crippen LogP contribution in [-0.2, 0) is 19.1 Å². The lowest BCUT2D eigenvalue weighted by Crippen LogP contribution is -2.30. The monoisotopic (exact) mass is 241 g/mol. The van der Waals surface area contributed by atoms with Crippen LogP contribution >= 0.6 is 0 Å². The number of carbonyl (C=O) groups excluding carboxylic acids is 2. The fourth-order valence-electron chi connectivity index (χ4n) is 2.41. The van der Waals surface area contributed by atoms with Crippen LogP contribution in [0.25, 0.3) is 0 Å². The van der Waals surface area contributed by atoms with Gasteiger partial charge in [0.25, 0.3) is 0 Å². The van der Waals surface area contributed by atoms with Crippen molar-refractivity contribution in [2.45, 2.75) is 38.8 Å². The maximum atomic E-state index is 11.7. The second kappa shape index (κ2) is 4.29. The number of amides is 1. The maximum Gasteiger partial charge on any atom is 0.307 e. The second-order valence-corrected chi connectivity index (χ2v) is 5.71. The molecule has 96 valence electrons. The third-order valence-corrected chi connectivity index (χ3v) is 3.11. The largest absolute Gasteiger partial charge is 0.460 e. The van der Waals surface area contributed by atoms with Crippen LogP contribution < -0.4 is 5.32 Å². The summed E-state index contributed by atoms with van der Waals surface area (Å²) in [5.74, 6) is -0.535. The molecule has 0 saturated carbocycles. The van der Waals surface area contributed by atoms with Gasteiger partial charge in [-0.05, 0) is 20.8 Å². The van der Waals surface area contributed by atoms with Gasteiger partial charge in [-0.2, -0.15) is 0 Å². The van der Waals surface area contributed by atoms with Gasteiger partial charge in [-0.15, -0.1) is 0 Å². The summed E-state index contributed by atoms with van der Waals surface area (Å²) in [5.41, 5.74) is -0.502. The van der Waals surface area contributed by atoms with Crippen LogP contribution in [0.3, 0.4) is 0 Å². The standard InChI is InChI=1S/C12H19NO4/c1-12(2,3)17-10(14)4-7-8-5-16-6-9(8)13-11(7)15/h7-9H,4-6H2,1-3H3,(H,13,15)/t7-,8-,9-/m1/s1. The Hall–Kier alpha value is -1.10. The molecule has 5 heteroatoms. The van der Waals surface area contributed by atoms with Crippen molar-refractivity contribution in [3.63, 3.8) is 0 Å². The summed E-state index contributed by atoms with van der Waals surface area (Å²) in [6.45, 7) is 6.57. The molecule has 0 spiro atoms. The lowest BCUT2D eigenvalue weighted by Gasteiger charge is -2.21. The molecule has 2 saturated heterocycles. The van der Waals surface area contributed by atoms with Crippen LogP contribution in [0.1, 0.15) is 27.2 Å². The molecule has 17 heavy (non-hydrogen) atoms. The molecule has 0 aromatic heterocycles. The van der Waals surface area contributed by atoms with Gasteiger partial charge >= 0.3 is 5.97 Å². The highest BCUT2D eigenvalue weighted by atomic mass is 16.6. The third-order valence-electron chi connectivity index (χ3n) is 3.11. The number of nitrogens with one attached hydrogen (secondary N) is 1. The first-order valence-electron chi connectivity index (χ1n) is 5.97. The number of rotatable bonds is 2. The summed E-state index contributed by atoms with van der Waals surface area (Å²) in [6, 6.07) is 0.0786. The molecule has 0 unspecified atom stereocenters. The molecule has 2 aliphatic rings. The average Bonchev–Trinajstić information content (AvgIpc) is 2.67. The van der Waals surface area contributed by atoms with Gasteiger partial charge < -0.3 is 14.8 Å². The highest BCUT2D eigenvalue weighted by Gasteiger charge is 2.46. The zero-order valence-corrected chi connectivity index (χ0v) is 10.5. The molecular weight excluding hydrogens is 222 g/mol. The molecule has 2 heterocycles. The number of hydrogen-bond donors (Lipinski definition) is 1. The minimum Gasteiger partial charge on any atom is -0.460 e. The van der Waals surface area contributed by atoms with E-state index in [1.165, 1.54) is 0 Å². The Morgan fingerprint density at radius 1 is 1.47 bits per heavy atom. The van der Waals surface area contributed by atoms with Crippen LogP contribution in [0.4, 0.5) is 0 Å². The van der Waals surface area contributed by atoms with E-state index in [2.05, 4.69) is 5.32 Å². The summed E-state index contributed by atoms with van der Waals surface area (Å²) in [6.07, 6.45) is 0.146. The van der Waals surface area contributed by atoms with Crippen molar-refractivity contribution >= 4 is 11.9 Å². The molecule has 0 aliphatic carbocycles. The first-order chi connectivity index (χ1) is 7.87. The molecule has 1 amide bonds. The van der Waals surface area contributed by atoms with Gasteiger partial charge in [0.1, 0.15) is 5.60 Å². The van der Waals surface area contributed by atoms with Crippen LogP contribution in [0.5, 0.6) is 0 Å². The van der Waals surface area contributed by atoms with Gasteiger partial charge in [0, 0.05) is 5.92 Å². The molecular formula is C12H19NO4. The molecule has 3 atom stereocenters. The first-order valence-corrected chi connectivity index (χ1v) is 5.97. The minimum absolute atomic E-state index is 0.0471. The second-order valence-electron chi connectivity index (χ2n) is 5.71. The number of hydrogen-bond acceptors (Lipinski definition) is 4. The van der Waals surface area contributed by atoms with Crippen molar-refractivity contribution in [2.75, 3.05) is 13.2 Å². The average molecular weight is 241 g/mol. The van der Waals surface area contributed by atoms with Crippen molar-refractivity contribution < 1.29 is 19.1 Å². The molecule has 2 rings (SSSR count). The molecule has 0 aromatic carbocycles. The predicted molar refractivity (Wildman–Crippen MR) is 60.2 cm³/mol. The Kier molecular flexibility index (Phi) is 3.12. The van der Waals surface area contributed by atoms with Gasteiger partial charge in [-0.1, -0.05) is 0 Å². The van der Waals surface area contributed by atoms with E-state index in [1.807, 2.05) is 20.8 Å². The Morgan fingerprint density at radius 2 is 2.18 bits per heavy atom. The van der Waals surface area contributed by atoms with E-state index < -0.39 is 5.60 Å². The lowest BCUT2D eigenvalue weighted by molar-refractivity contribution is -0.157. The molecule has 2 aliphatic heterocycles. The van der Waals surface area contributed by atoms with E-state index in [0.29, 0.717) is 13.2 Å². The van der Waals surface area contributed by atoms with E-state index in [1.54, 1.807) is 0 Å². The highest BCUT2D eigenvalue weighted by molar-refractivity contribution is 5.86. The smallest absolute Gasteiger partial charge is 0.307 e. The van der Waals surface area contributed by atoms with Gasteiger partial charge in [0.05, 0.1) is 31.6 Å². The summed E-state index contributed by atoms with van der Waals surface area (Å²) in [4.78, 5) is 23.4. The minimum atomic E-state index is -0.502. The van der Waals surface area contributed by atoms with Gasteiger partial charge in [-0.25, -0.2) is 0 Å². The Labute approximate surface area is 101 Å². The fraction of sp³-hybridized carbons (Fsp3) is 0.833. The number of esters is 1. The Morgan fingerprint density at radius 3 is 2.82 bits per heavy atom. The lowest BCUT2D eigenvalue weighted by atomic mass is 9.90. The van der Waals surface area contributed by atoms with Crippen molar-refractivity contribution in [1.82, 2.24) is 5.32 Å². The zero-order valence-electron chi connectivity index (χ0n) is 10.5. The van der Waals surface area contributed by atoms with E-state index in [9.17, 15) is 9.59 Å². The van der Waals surface area contributed by atoms with E-state index >= 15 is 0 Å². The van der Waals surface area contributed by atoms with E-state index in [0.717, 1.165) is 0 Å². The van der Waals surface area contributed by atoms with Crippen LogP contribution in [0.2, 0.25) is 0 Å². The molecule has 1 N–H and O–H groups in total. The zero-order chi connectivity index (χ0) is 12.6. The fourth-order valence-corrected chi connectivity index (χ4v) is 2.41. The van der Waals surface area contributed by atoms with Gasteiger partial charge in [0.2, 0.25) is 5.91 Å². The van der Waals surface area contributed by atoms with E-state index in [-0.39, 0.29) is 36.2 Å². The number of ether oxygens (including phenoxy) is 2. The van der Waals surface area contributed by atoms with Crippen molar-refractivity contribution in [3.05, 3.63) is 0 Å². The van der Waals surface area contributed by atoms with Crippen molar-refractivity contribution in [1.29, 1.82) is 0 Å². The summed E-state index contributed by atoms with van der Waals surface area (Å²) >= 11 is 0. The van der Waals surface area contributed by atoms with Crippen LogP contribution in [-0.4, -0.2) is 36.7 Å². The summed E-state index contributed by atoms with van der Waals surface area (Å²) in [7, 11) is 0. The number of carbonyl (C=O) groups is 2. The van der Waals surface area contributed by atoms with E-state index in [4.69, 9.17) is 9.47 Å². The molecule has 5 nitrogen and oxygen atoms in total. The first kappa shape index (κ1) is 12.4. The summed E-state index contributed by atoms with van der Waals surface area (Å²) in [5, 5.41) is 2.86. The van der Waals surface area contributed by atoms with Crippen LogP contribution in [0.15, 0.2) is 0 Å². The Bertz CT molecular complexity index is 334. The van der Waals surface area contributed by atoms with Gasteiger partial charge in [-0.3, -0.25) is 9.59 Å². The maximum absolute atomic E-state index is 11.7. The normalized spacial score (nSPS) is 32.2. The Balaban J connectivity index is 1.94. The molecule has 0 radical (unpaired) electrons. The van der Waals surface area contributed by atoms with Crippen molar-refractivity contribution in [3.8, 4) is 0 Å². The predicted octanol–water partition coefficient (Wildman–Crippen LogP) is 0.479. The highest BCUT2D eigenvalue weighted by Crippen LogP contribution is 2.31. The van der Waals surface area contributed by atoms with Crippen molar-refractivity contribution in [2.24, 2.45) is 11.8 Å². The van der Waals surface area contributed by atoms with Crippen LogP contribution in [0, 0.1) is 11.8 Å². The van der Waals surface area contributed by atoms with Gasteiger partial charge in [0.15, 0.2) is 0 Å². The SMILES string of the molecule is CC(C)(C)OC(=O)C[C@H]1C(=O)N[C@@H]2COC[C@@H]21. The number of fused-ring (bicyclic) bond motifs is 1. The topological polar surface area (TPSA) is 64.6 Å². The summed E-state index contributed by atoms with van der Waals surface area (Å²) < 4.78 is 10.5.